The van der Waals surface area contributed by atoms with Gasteiger partial charge in [0, 0.05) is 0 Å². The smallest absolute Gasteiger partial charge is 0.431 e. The van der Waals surface area contributed by atoms with Crippen LogP contribution in [0.4, 0.5) is 26.3 Å². The number of alkyl halides is 6. The van der Waals surface area contributed by atoms with E-state index in [-0.39, 0.29) is 12.2 Å². The molecule has 26 heavy (non-hydrogen) atoms. The Balaban J connectivity index is 2.56. The second-order valence-corrected chi connectivity index (χ2v) is 5.57. The minimum Gasteiger partial charge on any atom is -0.463 e. The molecule has 0 amide bonds. The Hall–Kier alpha value is -2.30. The maximum Gasteiger partial charge on any atom is 0.431 e. The molecule has 0 radical (unpaired) electrons. The van der Waals surface area contributed by atoms with Crippen molar-refractivity contribution in [3.8, 4) is 0 Å². The van der Waals surface area contributed by atoms with Crippen molar-refractivity contribution in [3.05, 3.63) is 46.7 Å². The molecule has 0 spiro atoms. The van der Waals surface area contributed by atoms with Gasteiger partial charge < -0.3 is 15.4 Å². The third-order valence-corrected chi connectivity index (χ3v) is 3.64. The van der Waals surface area contributed by atoms with Gasteiger partial charge in [-0.05, 0) is 36.8 Å². The quantitative estimate of drug-likeness (QED) is 0.463. The predicted octanol–water partition coefficient (Wildman–Crippen LogP) is 3.60. The minimum absolute atomic E-state index is 0.00773. The van der Waals surface area contributed by atoms with Crippen molar-refractivity contribution in [1.82, 2.24) is 10.6 Å². The van der Waals surface area contributed by atoms with Gasteiger partial charge in [-0.2, -0.15) is 26.3 Å². The molecule has 0 saturated heterocycles. The van der Waals surface area contributed by atoms with Gasteiger partial charge in [-0.15, -0.1) is 0 Å². The summed E-state index contributed by atoms with van der Waals surface area (Å²) in [6.07, 6.45) is -9.55. The first-order valence-electron chi connectivity index (χ1n) is 7.18. The number of esters is 1. The third-order valence-electron chi connectivity index (χ3n) is 3.42. The fourth-order valence-corrected chi connectivity index (χ4v) is 2.55. The number of ether oxygens (including phenoxy) is 1. The first-order valence-corrected chi connectivity index (χ1v) is 7.59. The average molecular weight is 398 g/mol. The molecule has 0 saturated carbocycles. The maximum absolute atomic E-state index is 13.3. The van der Waals surface area contributed by atoms with Crippen LogP contribution in [0.3, 0.4) is 0 Å². The van der Waals surface area contributed by atoms with Gasteiger partial charge in [-0.3, -0.25) is 0 Å². The van der Waals surface area contributed by atoms with Gasteiger partial charge in [0.05, 0.1) is 23.8 Å². The van der Waals surface area contributed by atoms with E-state index in [1.807, 2.05) is 5.32 Å². The van der Waals surface area contributed by atoms with Gasteiger partial charge in [0.2, 0.25) is 0 Å². The van der Waals surface area contributed by atoms with Crippen LogP contribution in [0.2, 0.25) is 0 Å². The fourth-order valence-electron chi connectivity index (χ4n) is 2.33. The molecule has 0 aromatic heterocycles. The molecular formula is C15H12F6N2O2S. The Morgan fingerprint density at radius 3 is 2.15 bits per heavy atom. The summed E-state index contributed by atoms with van der Waals surface area (Å²) in [5, 5.41) is 3.92. The summed E-state index contributed by atoms with van der Waals surface area (Å²) in [7, 11) is 0. The number of halogens is 6. The summed E-state index contributed by atoms with van der Waals surface area (Å²) in [6, 6.07) is 1.95. The SMILES string of the molecule is CCOC(=O)C1=C(C(F)(F)F)NC(=S)N[C@H]1c1ccc(C(F)(F)F)cc1. The lowest BCUT2D eigenvalue weighted by molar-refractivity contribution is -0.141. The molecular weight excluding hydrogens is 386 g/mol. The molecule has 2 N–H and O–H groups in total. The van der Waals surface area contributed by atoms with Crippen molar-refractivity contribution >= 4 is 23.3 Å². The first-order chi connectivity index (χ1) is 11.9. The summed E-state index contributed by atoms with van der Waals surface area (Å²) in [5.74, 6) is -1.26. The van der Waals surface area contributed by atoms with Gasteiger partial charge in [0.1, 0.15) is 5.70 Å². The van der Waals surface area contributed by atoms with Crippen LogP contribution < -0.4 is 10.6 Å². The van der Waals surface area contributed by atoms with Gasteiger partial charge >= 0.3 is 18.3 Å². The first kappa shape index (κ1) is 20.0. The summed E-state index contributed by atoms with van der Waals surface area (Å²) < 4.78 is 82.6. The molecule has 1 aromatic carbocycles. The normalized spacial score (nSPS) is 18.3. The zero-order valence-electron chi connectivity index (χ0n) is 13.1. The number of nitrogens with one attached hydrogen (secondary N) is 2. The van der Waals surface area contributed by atoms with Gasteiger partial charge in [-0.1, -0.05) is 12.1 Å². The Morgan fingerprint density at radius 1 is 1.12 bits per heavy atom. The summed E-state index contributed by atoms with van der Waals surface area (Å²) in [6.45, 7) is 1.23. The van der Waals surface area contributed by atoms with E-state index in [1.54, 1.807) is 0 Å². The molecule has 0 aliphatic carbocycles. The lowest BCUT2D eigenvalue weighted by Gasteiger charge is -2.31. The van der Waals surface area contributed by atoms with Crippen molar-refractivity contribution in [3.63, 3.8) is 0 Å². The van der Waals surface area contributed by atoms with Crippen LogP contribution in [0.5, 0.6) is 0 Å². The molecule has 1 aliphatic heterocycles. The molecule has 1 aromatic rings. The second kappa shape index (κ2) is 7.14. The van der Waals surface area contributed by atoms with E-state index >= 15 is 0 Å². The van der Waals surface area contributed by atoms with E-state index in [4.69, 9.17) is 12.2 Å². The fraction of sp³-hybridized carbons (Fsp3) is 0.333. The molecule has 1 atom stereocenters. The van der Waals surface area contributed by atoms with E-state index in [0.29, 0.717) is 12.1 Å². The Labute approximate surface area is 149 Å². The van der Waals surface area contributed by atoms with Crippen LogP contribution in [0.15, 0.2) is 35.5 Å². The Bertz CT molecular complexity index is 740. The van der Waals surface area contributed by atoms with E-state index in [0.717, 1.165) is 12.1 Å². The number of rotatable bonds is 3. The van der Waals surface area contributed by atoms with Crippen LogP contribution in [0.25, 0.3) is 0 Å². The van der Waals surface area contributed by atoms with Crippen molar-refractivity contribution < 1.29 is 35.9 Å². The number of hydrogen-bond donors (Lipinski definition) is 2. The van der Waals surface area contributed by atoms with Crippen molar-refractivity contribution in [1.29, 1.82) is 0 Å². The number of allylic oxidation sites excluding steroid dienone is 1. The highest BCUT2D eigenvalue weighted by molar-refractivity contribution is 7.80. The van der Waals surface area contributed by atoms with E-state index in [2.05, 4.69) is 10.1 Å². The van der Waals surface area contributed by atoms with E-state index < -0.39 is 46.3 Å². The molecule has 0 fully saturated rings. The third kappa shape index (κ3) is 4.26. The van der Waals surface area contributed by atoms with Crippen LogP contribution in [0.1, 0.15) is 24.1 Å². The van der Waals surface area contributed by atoms with Crippen molar-refractivity contribution in [2.45, 2.75) is 25.3 Å². The monoisotopic (exact) mass is 398 g/mol. The van der Waals surface area contributed by atoms with Crippen LogP contribution >= 0.6 is 12.2 Å². The average Bonchev–Trinajstić information content (AvgIpc) is 2.52. The number of carbonyl (C=O) groups excluding carboxylic acids is 1. The Morgan fingerprint density at radius 2 is 1.69 bits per heavy atom. The van der Waals surface area contributed by atoms with Crippen LogP contribution in [-0.4, -0.2) is 23.9 Å². The van der Waals surface area contributed by atoms with Gasteiger partial charge in [-0.25, -0.2) is 4.79 Å². The van der Waals surface area contributed by atoms with Gasteiger partial charge in [0.15, 0.2) is 5.11 Å². The van der Waals surface area contributed by atoms with Gasteiger partial charge in [0.25, 0.3) is 0 Å². The summed E-state index contributed by atoms with van der Waals surface area (Å²) >= 11 is 4.73. The number of hydrogen-bond acceptors (Lipinski definition) is 3. The topological polar surface area (TPSA) is 50.4 Å². The zero-order chi connectivity index (χ0) is 19.7. The van der Waals surface area contributed by atoms with Crippen LogP contribution in [-0.2, 0) is 15.7 Å². The molecule has 11 heteroatoms. The largest absolute Gasteiger partial charge is 0.463 e. The second-order valence-electron chi connectivity index (χ2n) is 5.16. The summed E-state index contributed by atoms with van der Waals surface area (Å²) in [5.41, 5.74) is -3.21. The van der Waals surface area contributed by atoms with Crippen LogP contribution in [0, 0.1) is 0 Å². The standard InChI is InChI=1S/C15H12F6N2O2S/c1-2-25-12(24)9-10(22-13(26)23-11(9)15(19,20)21)7-3-5-8(6-4-7)14(16,17)18/h3-6,10H,2H2,1H3,(H2,22,23,26)/t10-/m0/s1. The predicted molar refractivity (Wildman–Crippen MR) is 82.8 cm³/mol. The highest BCUT2D eigenvalue weighted by Crippen LogP contribution is 2.36. The summed E-state index contributed by atoms with van der Waals surface area (Å²) in [4.78, 5) is 12.1. The number of carbonyl (C=O) groups is 1. The molecule has 1 heterocycles. The molecule has 142 valence electrons. The van der Waals surface area contributed by atoms with E-state index in [1.165, 1.54) is 6.92 Å². The molecule has 0 unspecified atom stereocenters. The lowest BCUT2D eigenvalue weighted by Crippen LogP contribution is -2.49. The number of thiocarbonyl (C=S) groups is 1. The molecule has 4 nitrogen and oxygen atoms in total. The molecule has 0 bridgehead atoms. The highest BCUT2D eigenvalue weighted by Gasteiger charge is 2.45. The Kier molecular flexibility index (Phi) is 5.49. The molecule has 1 aliphatic rings. The zero-order valence-corrected chi connectivity index (χ0v) is 13.9. The highest BCUT2D eigenvalue weighted by atomic mass is 32.1. The maximum atomic E-state index is 13.3. The van der Waals surface area contributed by atoms with Crippen molar-refractivity contribution in [2.24, 2.45) is 0 Å². The van der Waals surface area contributed by atoms with Crippen molar-refractivity contribution in [2.75, 3.05) is 6.61 Å². The van der Waals surface area contributed by atoms with E-state index in [9.17, 15) is 31.1 Å². The molecule has 2 rings (SSSR count). The lowest BCUT2D eigenvalue weighted by atomic mass is 9.94. The minimum atomic E-state index is -4.95. The number of benzene rings is 1.